The van der Waals surface area contributed by atoms with Gasteiger partial charge >= 0.3 is 0 Å². The van der Waals surface area contributed by atoms with E-state index >= 15 is 0 Å². The van der Waals surface area contributed by atoms with Crippen LogP contribution in [0.25, 0.3) is 0 Å². The first-order valence-corrected chi connectivity index (χ1v) is 4.78. The third-order valence-electron chi connectivity index (χ3n) is 2.43. The molecule has 4 nitrogen and oxygen atoms in total. The van der Waals surface area contributed by atoms with Crippen LogP contribution in [0.15, 0.2) is 21.4 Å². The fraction of sp³-hybridized carbons (Fsp3) is 0.455. The number of aliphatic imine (C=N–C) groups is 2. The minimum Gasteiger partial charge on any atom is -0.243 e. The van der Waals surface area contributed by atoms with Gasteiger partial charge in [0.15, 0.2) is 11.4 Å². The average Bonchev–Trinajstić information content (AvgIpc) is 2.34. The summed E-state index contributed by atoms with van der Waals surface area (Å²) in [5.74, 6) is 0.138. The summed E-state index contributed by atoms with van der Waals surface area (Å²) in [7, 11) is 0. The Bertz CT molecular complexity index is 400. The normalized spacial score (nSPS) is 17.4. The van der Waals surface area contributed by atoms with Crippen LogP contribution in [0.1, 0.15) is 27.2 Å². The third kappa shape index (κ3) is 2.11. The van der Waals surface area contributed by atoms with E-state index in [2.05, 4.69) is 9.98 Å². The third-order valence-corrected chi connectivity index (χ3v) is 2.43. The van der Waals surface area contributed by atoms with Gasteiger partial charge in [0.1, 0.15) is 12.1 Å². The lowest BCUT2D eigenvalue weighted by molar-refractivity contribution is 0.849. The molecule has 0 saturated heterocycles. The summed E-state index contributed by atoms with van der Waals surface area (Å²) >= 11 is 0. The Morgan fingerprint density at radius 1 is 1.07 bits per heavy atom. The van der Waals surface area contributed by atoms with E-state index in [-0.39, 0.29) is 17.3 Å². The molecule has 15 heavy (non-hydrogen) atoms. The zero-order chi connectivity index (χ0) is 11.4. The first-order chi connectivity index (χ1) is 7.13. The molecule has 0 aromatic rings. The van der Waals surface area contributed by atoms with Crippen molar-refractivity contribution in [2.45, 2.75) is 27.2 Å². The van der Waals surface area contributed by atoms with Crippen molar-refractivity contribution in [3.8, 4) is 12.1 Å². The summed E-state index contributed by atoms with van der Waals surface area (Å²) < 4.78 is 0. The number of hydrogen-bond donors (Lipinski definition) is 0. The minimum absolute atomic E-state index is 0.116. The van der Waals surface area contributed by atoms with E-state index < -0.39 is 0 Å². The Morgan fingerprint density at radius 2 is 1.47 bits per heavy atom. The monoisotopic (exact) mass is 200 g/mol. The van der Waals surface area contributed by atoms with Crippen LogP contribution in [0.4, 0.5) is 0 Å². The topological polar surface area (TPSA) is 72.3 Å². The lowest BCUT2D eigenvalue weighted by atomic mass is 9.96. The Kier molecular flexibility index (Phi) is 3.36. The largest absolute Gasteiger partial charge is 0.243 e. The Hall–Kier alpha value is -1.94. The van der Waals surface area contributed by atoms with Gasteiger partial charge in [0.05, 0.1) is 0 Å². The molecule has 0 aliphatic carbocycles. The van der Waals surface area contributed by atoms with Crippen LogP contribution in [0.5, 0.6) is 0 Å². The van der Waals surface area contributed by atoms with Gasteiger partial charge in [0, 0.05) is 17.3 Å². The van der Waals surface area contributed by atoms with Crippen molar-refractivity contribution < 1.29 is 0 Å². The number of nitriles is 2. The maximum Gasteiger partial charge on any atom is 0.176 e. The first kappa shape index (κ1) is 11.1. The van der Waals surface area contributed by atoms with E-state index in [0.29, 0.717) is 0 Å². The van der Waals surface area contributed by atoms with E-state index in [4.69, 9.17) is 10.5 Å². The van der Waals surface area contributed by atoms with Gasteiger partial charge in [0.2, 0.25) is 0 Å². The zero-order valence-corrected chi connectivity index (χ0v) is 9.07. The Balaban J connectivity index is 3.35. The lowest BCUT2D eigenvalue weighted by Gasteiger charge is -2.11. The predicted molar refractivity (Wildman–Crippen MR) is 58.3 cm³/mol. The van der Waals surface area contributed by atoms with Gasteiger partial charge in [-0.15, -0.1) is 0 Å². The predicted octanol–water partition coefficient (Wildman–Crippen LogP) is 2.21. The van der Waals surface area contributed by atoms with Crippen LogP contribution < -0.4 is 0 Å². The van der Waals surface area contributed by atoms with Gasteiger partial charge in [-0.05, 0) is 20.3 Å². The summed E-state index contributed by atoms with van der Waals surface area (Å²) in [6, 6.07) is 3.81. The molecule has 0 aromatic heterocycles. The summed E-state index contributed by atoms with van der Waals surface area (Å²) in [6.45, 7) is 5.77. The van der Waals surface area contributed by atoms with Crippen LogP contribution in [0.3, 0.4) is 0 Å². The molecule has 0 N–H and O–H groups in total. The van der Waals surface area contributed by atoms with Gasteiger partial charge in [-0.1, -0.05) is 6.92 Å². The smallest absolute Gasteiger partial charge is 0.176 e. The molecule has 1 heterocycles. The van der Waals surface area contributed by atoms with Crippen molar-refractivity contribution in [1.82, 2.24) is 0 Å². The summed E-state index contributed by atoms with van der Waals surface area (Å²) in [4.78, 5) is 8.30. The zero-order valence-electron chi connectivity index (χ0n) is 9.07. The highest BCUT2D eigenvalue weighted by Crippen LogP contribution is 2.18. The van der Waals surface area contributed by atoms with E-state index in [0.717, 1.165) is 17.8 Å². The maximum absolute atomic E-state index is 8.85. The molecule has 1 rings (SSSR count). The fourth-order valence-corrected chi connectivity index (χ4v) is 1.66. The van der Waals surface area contributed by atoms with Gasteiger partial charge in [0.25, 0.3) is 0 Å². The molecule has 0 fully saturated rings. The summed E-state index contributed by atoms with van der Waals surface area (Å²) in [5, 5.41) is 17.7. The number of nitrogens with zero attached hydrogens (tertiary/aromatic N) is 4. The standard InChI is InChI=1S/C11H12N4/c1-4-9-7(2)14-10(5-12)11(6-13)15-8(9)3/h9H,4H2,1-3H3. The highest BCUT2D eigenvalue weighted by Gasteiger charge is 2.19. The molecule has 76 valence electrons. The van der Waals surface area contributed by atoms with Gasteiger partial charge in [-0.2, -0.15) is 10.5 Å². The average molecular weight is 200 g/mol. The SMILES string of the molecule is CCC1C(C)=NC(C#N)=C(C#N)N=C1C. The van der Waals surface area contributed by atoms with Crippen LogP contribution in [-0.2, 0) is 0 Å². The van der Waals surface area contributed by atoms with Gasteiger partial charge in [-0.25, -0.2) is 9.98 Å². The van der Waals surface area contributed by atoms with E-state index in [9.17, 15) is 0 Å². The molecule has 4 heteroatoms. The molecule has 0 radical (unpaired) electrons. The van der Waals surface area contributed by atoms with Crippen molar-refractivity contribution >= 4 is 11.4 Å². The second-order valence-corrected chi connectivity index (χ2v) is 3.39. The van der Waals surface area contributed by atoms with Crippen molar-refractivity contribution in [3.63, 3.8) is 0 Å². The molecular weight excluding hydrogens is 188 g/mol. The molecule has 0 bridgehead atoms. The Morgan fingerprint density at radius 3 is 1.73 bits per heavy atom. The van der Waals surface area contributed by atoms with Gasteiger partial charge in [-0.3, -0.25) is 0 Å². The summed E-state index contributed by atoms with van der Waals surface area (Å²) in [6.07, 6.45) is 0.877. The van der Waals surface area contributed by atoms with Crippen LogP contribution in [0, 0.1) is 28.6 Å². The molecule has 0 spiro atoms. The summed E-state index contributed by atoms with van der Waals surface area (Å²) in [5.41, 5.74) is 1.93. The first-order valence-electron chi connectivity index (χ1n) is 4.78. The second kappa shape index (κ2) is 4.52. The molecule has 0 amide bonds. The van der Waals surface area contributed by atoms with E-state index in [1.165, 1.54) is 0 Å². The second-order valence-electron chi connectivity index (χ2n) is 3.39. The molecule has 0 aromatic carbocycles. The highest BCUT2D eigenvalue weighted by atomic mass is 14.9. The van der Waals surface area contributed by atoms with Crippen molar-refractivity contribution in [1.29, 1.82) is 10.5 Å². The molecule has 1 aliphatic rings. The van der Waals surface area contributed by atoms with Crippen molar-refractivity contribution in [2.24, 2.45) is 15.9 Å². The van der Waals surface area contributed by atoms with Crippen LogP contribution in [0.2, 0.25) is 0 Å². The number of rotatable bonds is 1. The molecule has 0 saturated carbocycles. The molecule has 1 aliphatic heterocycles. The van der Waals surface area contributed by atoms with Crippen LogP contribution >= 0.6 is 0 Å². The molecule has 0 atom stereocenters. The minimum atomic E-state index is 0.116. The van der Waals surface area contributed by atoms with E-state index in [1.54, 1.807) is 0 Å². The molecular formula is C11H12N4. The van der Waals surface area contributed by atoms with Crippen LogP contribution in [-0.4, -0.2) is 11.4 Å². The van der Waals surface area contributed by atoms with Crippen molar-refractivity contribution in [2.75, 3.05) is 0 Å². The quantitative estimate of drug-likeness (QED) is 0.650. The number of allylic oxidation sites excluding steroid dienone is 2. The van der Waals surface area contributed by atoms with Gasteiger partial charge < -0.3 is 0 Å². The number of hydrogen-bond acceptors (Lipinski definition) is 4. The maximum atomic E-state index is 8.85. The fourth-order valence-electron chi connectivity index (χ4n) is 1.66. The van der Waals surface area contributed by atoms with E-state index in [1.807, 2.05) is 32.9 Å². The Labute approximate surface area is 89.3 Å². The lowest BCUT2D eigenvalue weighted by Crippen LogP contribution is -2.18. The highest BCUT2D eigenvalue weighted by molar-refractivity contribution is 6.07. The molecule has 0 unspecified atom stereocenters. The van der Waals surface area contributed by atoms with Crippen molar-refractivity contribution in [3.05, 3.63) is 11.4 Å².